The molecule has 4 rings (SSSR count). The smallest absolute Gasteiger partial charge is 0.234 e. The summed E-state index contributed by atoms with van der Waals surface area (Å²) in [5, 5.41) is 43.0. The molecule has 0 bridgehead atoms. The minimum absolute atomic E-state index is 0.0268. The fourth-order valence-electron chi connectivity index (χ4n) is 4.17. The molecule has 4 aromatic rings. The Labute approximate surface area is 283 Å². The first-order valence-electron chi connectivity index (χ1n) is 13.6. The average Bonchev–Trinajstić information content (AvgIpc) is 3.10. The second-order valence-electron chi connectivity index (χ2n) is 9.50. The van der Waals surface area contributed by atoms with Crippen molar-refractivity contribution in [3.05, 3.63) is 70.8 Å². The molecule has 0 radical (unpaired) electrons. The number of aromatic nitrogens is 2. The van der Waals surface area contributed by atoms with Gasteiger partial charge in [-0.2, -0.15) is 21.0 Å². The second kappa shape index (κ2) is 15.7. The van der Waals surface area contributed by atoms with Crippen molar-refractivity contribution in [1.82, 2.24) is 9.97 Å². The maximum Gasteiger partial charge on any atom is 0.234 e. The Kier molecular flexibility index (Phi) is 11.3. The number of hydrogen-bond acceptors (Lipinski definition) is 14. The van der Waals surface area contributed by atoms with Gasteiger partial charge in [-0.05, 0) is 47.5 Å². The van der Waals surface area contributed by atoms with Crippen LogP contribution in [0.5, 0.6) is 11.5 Å². The third-order valence-corrected chi connectivity index (χ3v) is 8.46. The molecule has 2 amide bonds. The fraction of sp³-hybridized carbons (Fsp3) is 0.125. The van der Waals surface area contributed by atoms with Gasteiger partial charge in [-0.1, -0.05) is 35.7 Å². The zero-order valence-electron chi connectivity index (χ0n) is 25.3. The lowest BCUT2D eigenvalue weighted by atomic mass is 10.0. The van der Waals surface area contributed by atoms with E-state index in [1.54, 1.807) is 36.4 Å². The summed E-state index contributed by atoms with van der Waals surface area (Å²) < 4.78 is 11.0. The van der Waals surface area contributed by atoms with Crippen molar-refractivity contribution >= 4 is 58.3 Å². The van der Waals surface area contributed by atoms with Crippen LogP contribution in [0.2, 0.25) is 0 Å². The Morgan fingerprint density at radius 1 is 0.667 bits per heavy atom. The van der Waals surface area contributed by atoms with Gasteiger partial charge in [0.2, 0.25) is 11.8 Å². The Morgan fingerprint density at radius 2 is 1.04 bits per heavy atom. The molecular formula is C32H24N10O4S2. The van der Waals surface area contributed by atoms with Crippen LogP contribution in [0.1, 0.15) is 22.3 Å². The second-order valence-corrected chi connectivity index (χ2v) is 11.4. The average molecular weight is 677 g/mol. The normalized spacial score (nSPS) is 10.0. The first-order valence-corrected chi connectivity index (χ1v) is 15.5. The number of nitriles is 4. The van der Waals surface area contributed by atoms with Gasteiger partial charge >= 0.3 is 0 Å². The molecule has 14 nitrogen and oxygen atoms in total. The van der Waals surface area contributed by atoms with E-state index in [2.05, 4.69) is 20.6 Å². The minimum Gasteiger partial charge on any atom is -0.495 e. The van der Waals surface area contributed by atoms with Gasteiger partial charge in [-0.15, -0.1) is 0 Å². The molecule has 238 valence electrons. The summed E-state index contributed by atoms with van der Waals surface area (Å²) in [5.74, 6) is -0.236. The van der Waals surface area contributed by atoms with Gasteiger partial charge in [0.1, 0.15) is 57.5 Å². The summed E-state index contributed by atoms with van der Waals surface area (Å²) in [7, 11) is 2.93. The first kappa shape index (κ1) is 34.4. The number of carbonyl (C=O) groups excluding carboxylic acids is 2. The number of nitrogen functional groups attached to an aromatic ring is 2. The van der Waals surface area contributed by atoms with Crippen molar-refractivity contribution in [2.75, 3.05) is 47.8 Å². The molecule has 0 fully saturated rings. The van der Waals surface area contributed by atoms with Crippen LogP contribution < -0.4 is 31.6 Å². The van der Waals surface area contributed by atoms with E-state index in [9.17, 15) is 20.1 Å². The Morgan fingerprint density at radius 3 is 1.38 bits per heavy atom. The van der Waals surface area contributed by atoms with Crippen LogP contribution in [-0.4, -0.2) is 47.5 Å². The summed E-state index contributed by atoms with van der Waals surface area (Å²) >= 11 is 2.02. The topological polar surface area (TPSA) is 250 Å². The molecule has 48 heavy (non-hydrogen) atoms. The number of anilines is 4. The third kappa shape index (κ3) is 8.03. The van der Waals surface area contributed by atoms with Crippen LogP contribution >= 0.6 is 23.5 Å². The summed E-state index contributed by atoms with van der Waals surface area (Å²) in [6.07, 6.45) is 0. The van der Waals surface area contributed by atoms with Gasteiger partial charge in [0.25, 0.3) is 0 Å². The van der Waals surface area contributed by atoms with Gasteiger partial charge in [0, 0.05) is 0 Å². The standard InChI is InChI=1S/C32H24N10O4S2/c1-45-25-9-17(3-5-23(25)39-27(43)15-47-31-21(13-35)7-19(11-33)29(37)41-31)18-4-6-24(26(10-18)46-2)40-28(44)16-48-32-22(14-36)8-20(12-34)30(38)42-32/h3-10H,15-16H2,1-2H3,(H2,37,41)(H2,38,42)(H,39,43)(H,40,44). The Balaban J connectivity index is 1.43. The van der Waals surface area contributed by atoms with Crippen LogP contribution in [-0.2, 0) is 9.59 Å². The number of pyridine rings is 2. The minimum atomic E-state index is -0.387. The van der Waals surface area contributed by atoms with Crippen LogP contribution in [0.25, 0.3) is 11.1 Å². The van der Waals surface area contributed by atoms with E-state index in [1.165, 1.54) is 26.4 Å². The summed E-state index contributed by atoms with van der Waals surface area (Å²) in [5.41, 5.74) is 14.2. The maximum atomic E-state index is 12.8. The fourth-order valence-corrected chi connectivity index (χ4v) is 5.69. The SMILES string of the molecule is COc1cc(-c2ccc(NC(=O)CSc3nc(N)c(C#N)cc3C#N)c(OC)c2)ccc1NC(=O)CSc1nc(N)c(C#N)cc1C#N. The van der Waals surface area contributed by atoms with Gasteiger partial charge in [-0.25, -0.2) is 9.97 Å². The van der Waals surface area contributed by atoms with E-state index in [0.29, 0.717) is 22.9 Å². The van der Waals surface area contributed by atoms with E-state index in [1.807, 2.05) is 24.3 Å². The zero-order chi connectivity index (χ0) is 34.8. The maximum absolute atomic E-state index is 12.8. The number of carbonyl (C=O) groups is 2. The lowest BCUT2D eigenvalue weighted by Gasteiger charge is -2.14. The van der Waals surface area contributed by atoms with Crippen molar-refractivity contribution < 1.29 is 19.1 Å². The van der Waals surface area contributed by atoms with Crippen molar-refractivity contribution in [2.24, 2.45) is 0 Å². The predicted octanol–water partition coefficient (Wildman–Crippen LogP) is 4.27. The van der Waals surface area contributed by atoms with Crippen LogP contribution in [0.3, 0.4) is 0 Å². The molecule has 2 aromatic carbocycles. The van der Waals surface area contributed by atoms with Gasteiger partial charge in [0.15, 0.2) is 0 Å². The number of nitrogens with one attached hydrogen (secondary N) is 2. The van der Waals surface area contributed by atoms with E-state index in [4.69, 9.17) is 31.5 Å². The summed E-state index contributed by atoms with van der Waals surface area (Å²) in [4.78, 5) is 33.7. The number of benzene rings is 2. The Bertz CT molecular complexity index is 1950. The van der Waals surface area contributed by atoms with Crippen LogP contribution in [0, 0.1) is 45.3 Å². The molecule has 0 aliphatic rings. The Hall–Kier alpha value is -6.46. The first-order chi connectivity index (χ1) is 23.1. The van der Waals surface area contributed by atoms with Crippen LogP contribution in [0.4, 0.5) is 23.0 Å². The number of rotatable bonds is 11. The molecule has 16 heteroatoms. The number of amides is 2. The zero-order valence-corrected chi connectivity index (χ0v) is 27.0. The van der Waals surface area contributed by atoms with Crippen molar-refractivity contribution in [3.8, 4) is 46.9 Å². The number of nitrogens with zero attached hydrogens (tertiary/aromatic N) is 6. The summed E-state index contributed by atoms with van der Waals surface area (Å²) in [6, 6.07) is 20.7. The largest absolute Gasteiger partial charge is 0.495 e. The van der Waals surface area contributed by atoms with E-state index in [-0.39, 0.29) is 67.3 Å². The number of hydrogen-bond donors (Lipinski definition) is 4. The molecule has 2 aromatic heterocycles. The monoisotopic (exact) mass is 676 g/mol. The molecule has 0 unspecified atom stereocenters. The molecule has 0 saturated heterocycles. The lowest BCUT2D eigenvalue weighted by molar-refractivity contribution is -0.114. The molecule has 0 spiro atoms. The van der Waals surface area contributed by atoms with Crippen molar-refractivity contribution in [1.29, 1.82) is 21.0 Å². The number of methoxy groups -OCH3 is 2. The predicted molar refractivity (Wildman–Crippen MR) is 180 cm³/mol. The highest BCUT2D eigenvalue weighted by Crippen LogP contribution is 2.35. The highest BCUT2D eigenvalue weighted by molar-refractivity contribution is 8.00. The number of ether oxygens (including phenoxy) is 2. The molecule has 6 N–H and O–H groups in total. The number of nitrogens with two attached hydrogens (primary N) is 2. The third-order valence-electron chi connectivity index (χ3n) is 6.48. The molecule has 0 aliphatic carbocycles. The van der Waals surface area contributed by atoms with Crippen LogP contribution in [0.15, 0.2) is 58.6 Å². The van der Waals surface area contributed by atoms with E-state index < -0.39 is 0 Å². The highest BCUT2D eigenvalue weighted by atomic mass is 32.2. The number of thioether (sulfide) groups is 2. The van der Waals surface area contributed by atoms with E-state index in [0.717, 1.165) is 34.7 Å². The van der Waals surface area contributed by atoms with Crippen molar-refractivity contribution in [3.63, 3.8) is 0 Å². The van der Waals surface area contributed by atoms with Gasteiger partial charge in [0.05, 0.1) is 59.4 Å². The molecule has 0 aliphatic heterocycles. The molecule has 2 heterocycles. The van der Waals surface area contributed by atoms with E-state index >= 15 is 0 Å². The molecule has 0 atom stereocenters. The van der Waals surface area contributed by atoms with Gasteiger partial charge < -0.3 is 31.6 Å². The summed E-state index contributed by atoms with van der Waals surface area (Å²) in [6.45, 7) is 0. The lowest BCUT2D eigenvalue weighted by Crippen LogP contribution is -2.15. The quantitative estimate of drug-likeness (QED) is 0.162. The molecule has 0 saturated carbocycles. The molecular weight excluding hydrogens is 653 g/mol. The highest BCUT2D eigenvalue weighted by Gasteiger charge is 2.17. The van der Waals surface area contributed by atoms with Gasteiger partial charge in [-0.3, -0.25) is 9.59 Å². The van der Waals surface area contributed by atoms with Crippen molar-refractivity contribution in [2.45, 2.75) is 10.1 Å².